The highest BCUT2D eigenvalue weighted by Gasteiger charge is 2.38. The molecule has 1 saturated heterocycles. The van der Waals surface area contributed by atoms with Crippen molar-refractivity contribution in [2.75, 3.05) is 46.5 Å². The summed E-state index contributed by atoms with van der Waals surface area (Å²) < 4.78 is 11.2. The monoisotopic (exact) mass is 267 g/mol. The van der Waals surface area contributed by atoms with Gasteiger partial charge in [-0.3, -0.25) is 0 Å². The number of nitrogens with zero attached hydrogens (tertiary/aromatic N) is 1. The molecule has 2 fully saturated rings. The average Bonchev–Trinajstić information content (AvgIpc) is 3.16. The molecule has 0 atom stereocenters. The van der Waals surface area contributed by atoms with E-state index in [1.54, 1.807) is 7.11 Å². The van der Waals surface area contributed by atoms with Gasteiger partial charge in [0.2, 0.25) is 0 Å². The molecule has 1 aliphatic heterocycles. The van der Waals surface area contributed by atoms with E-state index in [0.717, 1.165) is 44.2 Å². The van der Waals surface area contributed by atoms with Crippen LogP contribution < -0.4 is 5.32 Å². The van der Waals surface area contributed by atoms with E-state index >= 15 is 0 Å². The fraction of sp³-hybridized carbons (Fsp3) is 0.786. The van der Waals surface area contributed by atoms with Gasteiger partial charge in [0.15, 0.2) is 0 Å². The maximum Gasteiger partial charge on any atom is 0.146 e. The van der Waals surface area contributed by atoms with Crippen LogP contribution in [0.25, 0.3) is 0 Å². The van der Waals surface area contributed by atoms with Crippen molar-refractivity contribution in [3.8, 4) is 0 Å². The molecule has 0 bridgehead atoms. The minimum atomic E-state index is 0.343. The second-order valence-electron chi connectivity index (χ2n) is 5.72. The fourth-order valence-electron chi connectivity index (χ4n) is 2.19. The van der Waals surface area contributed by atoms with Gasteiger partial charge in [0.05, 0.1) is 12.3 Å². The lowest BCUT2D eigenvalue weighted by Gasteiger charge is -2.31. The van der Waals surface area contributed by atoms with Crippen LogP contribution in [0.2, 0.25) is 0 Å². The Bertz CT molecular complexity index is 345. The van der Waals surface area contributed by atoms with E-state index in [1.165, 1.54) is 19.1 Å². The van der Waals surface area contributed by atoms with Crippen LogP contribution in [0.15, 0.2) is 11.5 Å². The van der Waals surface area contributed by atoms with Gasteiger partial charge < -0.3 is 25.1 Å². The van der Waals surface area contributed by atoms with E-state index in [-0.39, 0.29) is 0 Å². The van der Waals surface area contributed by atoms with E-state index in [2.05, 4.69) is 17.1 Å². The summed E-state index contributed by atoms with van der Waals surface area (Å²) in [6, 6.07) is 0. The Morgan fingerprint density at radius 3 is 2.58 bits per heavy atom. The molecule has 5 heteroatoms. The standard InChI is InChI=1S/C14H25N3O2/c1-14(3-4-14)11-19-13(10-18-2)12(9-15)17-7-5-16-6-8-17/h9,15-16H,3-8,10-11H2,1-2H3/b13-12-,15-9?. The van der Waals surface area contributed by atoms with E-state index in [4.69, 9.17) is 14.9 Å². The molecule has 0 aromatic carbocycles. The van der Waals surface area contributed by atoms with Gasteiger partial charge in [-0.15, -0.1) is 0 Å². The van der Waals surface area contributed by atoms with Gasteiger partial charge in [0, 0.05) is 44.9 Å². The zero-order valence-electron chi connectivity index (χ0n) is 12.0. The van der Waals surface area contributed by atoms with Crippen molar-refractivity contribution in [1.82, 2.24) is 10.2 Å². The number of hydrogen-bond acceptors (Lipinski definition) is 5. The Morgan fingerprint density at radius 1 is 1.37 bits per heavy atom. The zero-order chi connectivity index (χ0) is 13.7. The molecule has 0 spiro atoms. The zero-order valence-corrected chi connectivity index (χ0v) is 12.0. The van der Waals surface area contributed by atoms with Crippen molar-refractivity contribution in [1.29, 1.82) is 5.41 Å². The maximum atomic E-state index is 7.67. The van der Waals surface area contributed by atoms with Crippen molar-refractivity contribution >= 4 is 6.21 Å². The average molecular weight is 267 g/mol. The van der Waals surface area contributed by atoms with Crippen LogP contribution in [0.5, 0.6) is 0 Å². The number of nitrogens with one attached hydrogen (secondary N) is 2. The van der Waals surface area contributed by atoms with Gasteiger partial charge in [-0.1, -0.05) is 6.92 Å². The first kappa shape index (κ1) is 14.3. The number of rotatable bonds is 7. The molecule has 1 heterocycles. The molecule has 19 heavy (non-hydrogen) atoms. The van der Waals surface area contributed by atoms with Crippen molar-refractivity contribution in [2.24, 2.45) is 5.41 Å². The predicted molar refractivity (Wildman–Crippen MR) is 75.4 cm³/mol. The SMILES string of the molecule is COC/C(OCC1(C)CC1)=C(\C=N)N1CCNCC1. The molecule has 0 aromatic rings. The first-order valence-electron chi connectivity index (χ1n) is 6.99. The van der Waals surface area contributed by atoms with Gasteiger partial charge >= 0.3 is 0 Å². The summed E-state index contributed by atoms with van der Waals surface area (Å²) in [5.74, 6) is 0.799. The molecule has 0 unspecified atom stereocenters. The van der Waals surface area contributed by atoms with Gasteiger partial charge in [-0.25, -0.2) is 0 Å². The predicted octanol–water partition coefficient (Wildman–Crippen LogP) is 1.22. The third-order valence-electron chi connectivity index (χ3n) is 3.85. The molecule has 1 saturated carbocycles. The van der Waals surface area contributed by atoms with E-state index in [9.17, 15) is 0 Å². The highest BCUT2D eigenvalue weighted by atomic mass is 16.5. The second kappa shape index (κ2) is 6.39. The molecule has 2 aliphatic rings. The first-order chi connectivity index (χ1) is 9.18. The normalized spacial score (nSPS) is 22.7. The molecule has 0 amide bonds. The van der Waals surface area contributed by atoms with Crippen molar-refractivity contribution in [3.05, 3.63) is 11.5 Å². The molecule has 2 rings (SSSR count). The van der Waals surface area contributed by atoms with Crippen LogP contribution in [0.1, 0.15) is 19.8 Å². The summed E-state index contributed by atoms with van der Waals surface area (Å²) in [5, 5.41) is 11.0. The van der Waals surface area contributed by atoms with E-state index in [1.807, 2.05) is 0 Å². The number of piperazine rings is 1. The molecule has 108 valence electrons. The lowest BCUT2D eigenvalue weighted by Crippen LogP contribution is -2.43. The molecule has 1 aliphatic carbocycles. The van der Waals surface area contributed by atoms with Crippen molar-refractivity contribution in [2.45, 2.75) is 19.8 Å². The Balaban J connectivity index is 2.05. The third-order valence-corrected chi connectivity index (χ3v) is 3.85. The Morgan fingerprint density at radius 2 is 2.05 bits per heavy atom. The number of methoxy groups -OCH3 is 1. The fourth-order valence-corrected chi connectivity index (χ4v) is 2.19. The summed E-state index contributed by atoms with van der Waals surface area (Å²) in [6.07, 6.45) is 3.87. The smallest absolute Gasteiger partial charge is 0.146 e. The van der Waals surface area contributed by atoms with Gasteiger partial charge in [0.25, 0.3) is 0 Å². The lowest BCUT2D eigenvalue weighted by molar-refractivity contribution is 0.0990. The van der Waals surface area contributed by atoms with Crippen molar-refractivity contribution < 1.29 is 9.47 Å². The number of allylic oxidation sites excluding steroid dienone is 1. The number of hydrogen-bond donors (Lipinski definition) is 2. The van der Waals surface area contributed by atoms with Crippen LogP contribution in [0.3, 0.4) is 0 Å². The summed E-state index contributed by atoms with van der Waals surface area (Å²) >= 11 is 0. The summed E-state index contributed by atoms with van der Waals surface area (Å²) in [7, 11) is 1.67. The molecule has 2 N–H and O–H groups in total. The molecular weight excluding hydrogens is 242 g/mol. The van der Waals surface area contributed by atoms with Crippen molar-refractivity contribution in [3.63, 3.8) is 0 Å². The summed E-state index contributed by atoms with van der Waals surface area (Å²) in [5.41, 5.74) is 1.21. The van der Waals surface area contributed by atoms with Gasteiger partial charge in [-0.05, 0) is 12.8 Å². The third kappa shape index (κ3) is 3.94. The van der Waals surface area contributed by atoms with E-state index in [0.29, 0.717) is 12.0 Å². The van der Waals surface area contributed by atoms with Crippen LogP contribution in [-0.4, -0.2) is 57.6 Å². The Hall–Kier alpha value is -1.07. The Kier molecular flexibility index (Phi) is 4.82. The number of ether oxygens (including phenoxy) is 2. The van der Waals surface area contributed by atoms with E-state index < -0.39 is 0 Å². The molecular formula is C14H25N3O2. The highest BCUT2D eigenvalue weighted by Crippen LogP contribution is 2.45. The topological polar surface area (TPSA) is 57.6 Å². The summed E-state index contributed by atoms with van der Waals surface area (Å²) in [6.45, 7) is 7.15. The minimum absolute atomic E-state index is 0.343. The maximum absolute atomic E-state index is 7.67. The largest absolute Gasteiger partial charge is 0.493 e. The molecule has 0 aromatic heterocycles. The molecule has 5 nitrogen and oxygen atoms in total. The lowest BCUT2D eigenvalue weighted by atomic mass is 10.2. The van der Waals surface area contributed by atoms with Crippen LogP contribution >= 0.6 is 0 Å². The van der Waals surface area contributed by atoms with Gasteiger partial charge in [-0.2, -0.15) is 0 Å². The minimum Gasteiger partial charge on any atom is -0.493 e. The van der Waals surface area contributed by atoms with Crippen LogP contribution in [-0.2, 0) is 9.47 Å². The van der Waals surface area contributed by atoms with Gasteiger partial charge in [0.1, 0.15) is 12.4 Å². The first-order valence-corrected chi connectivity index (χ1v) is 6.99. The van der Waals surface area contributed by atoms with Crippen LogP contribution in [0.4, 0.5) is 0 Å². The molecule has 0 radical (unpaired) electrons. The summed E-state index contributed by atoms with van der Waals surface area (Å²) in [4.78, 5) is 2.20. The van der Waals surface area contributed by atoms with Crippen LogP contribution in [0, 0.1) is 10.8 Å². The quantitative estimate of drug-likeness (QED) is 0.538. The Labute approximate surface area is 115 Å². The highest BCUT2D eigenvalue weighted by molar-refractivity contribution is 5.75. The second-order valence-corrected chi connectivity index (χ2v) is 5.72.